The van der Waals surface area contributed by atoms with Crippen molar-refractivity contribution in [3.05, 3.63) is 41.7 Å². The van der Waals surface area contributed by atoms with Crippen LogP contribution in [0.4, 0.5) is 4.39 Å². The normalized spacial score (nSPS) is 10.3. The molecule has 2 aromatic rings. The van der Waals surface area contributed by atoms with Crippen molar-refractivity contribution < 1.29 is 9.13 Å². The Balaban J connectivity index is 2.22. The smallest absolute Gasteiger partial charge is 0.164 e. The highest BCUT2D eigenvalue weighted by Crippen LogP contribution is 2.22. The third kappa shape index (κ3) is 2.45. The Morgan fingerprint density at radius 3 is 2.94 bits per heavy atom. The molecular formula is C11H11FN4OS. The summed E-state index contributed by atoms with van der Waals surface area (Å²) in [6.45, 7) is 0.162. The summed E-state index contributed by atoms with van der Waals surface area (Å²) in [7, 11) is 1.74. The zero-order valence-electron chi connectivity index (χ0n) is 9.63. The first kappa shape index (κ1) is 12.4. The second kappa shape index (κ2) is 5.09. The highest BCUT2D eigenvalue weighted by molar-refractivity contribution is 7.80. The van der Waals surface area contributed by atoms with Crippen LogP contribution < -0.4 is 10.5 Å². The van der Waals surface area contributed by atoms with Crippen molar-refractivity contribution in [1.29, 1.82) is 0 Å². The summed E-state index contributed by atoms with van der Waals surface area (Å²) in [4.78, 5) is 3.96. The molecule has 2 rings (SSSR count). The van der Waals surface area contributed by atoms with Gasteiger partial charge < -0.3 is 10.5 Å². The number of rotatable bonds is 4. The standard InChI is InChI=1S/C11H11FN4OS/c1-16-9(14-6-15-16)5-17-8-4-2-3-7(12)10(8)11(13)18/h2-4,6H,5H2,1H3,(H2,13,18). The Kier molecular flexibility index (Phi) is 3.52. The van der Waals surface area contributed by atoms with E-state index in [-0.39, 0.29) is 17.2 Å². The van der Waals surface area contributed by atoms with Gasteiger partial charge in [-0.2, -0.15) is 5.10 Å². The number of nitrogens with zero attached hydrogens (tertiary/aromatic N) is 3. The van der Waals surface area contributed by atoms with E-state index in [4.69, 9.17) is 22.7 Å². The minimum atomic E-state index is -0.502. The average Bonchev–Trinajstić information content (AvgIpc) is 2.71. The summed E-state index contributed by atoms with van der Waals surface area (Å²) in [5, 5.41) is 3.90. The van der Waals surface area contributed by atoms with Crippen LogP contribution in [0.5, 0.6) is 5.75 Å². The molecular weight excluding hydrogens is 255 g/mol. The van der Waals surface area contributed by atoms with Gasteiger partial charge in [0.05, 0.1) is 5.56 Å². The van der Waals surface area contributed by atoms with Gasteiger partial charge in [0.15, 0.2) is 5.82 Å². The Morgan fingerprint density at radius 1 is 1.56 bits per heavy atom. The molecule has 0 aliphatic rings. The third-order valence-corrected chi connectivity index (χ3v) is 2.59. The van der Waals surface area contributed by atoms with Gasteiger partial charge in [-0.15, -0.1) is 0 Å². The maximum absolute atomic E-state index is 13.6. The highest BCUT2D eigenvalue weighted by Gasteiger charge is 2.13. The quantitative estimate of drug-likeness (QED) is 0.841. The average molecular weight is 266 g/mol. The van der Waals surface area contributed by atoms with Gasteiger partial charge in [-0.3, -0.25) is 4.68 Å². The number of thiocarbonyl (C=S) groups is 1. The Hall–Kier alpha value is -2.02. The van der Waals surface area contributed by atoms with Gasteiger partial charge in [-0.25, -0.2) is 9.37 Å². The molecule has 0 aliphatic carbocycles. The number of hydrogen-bond acceptors (Lipinski definition) is 4. The molecule has 94 valence electrons. The summed E-state index contributed by atoms with van der Waals surface area (Å²) in [5.41, 5.74) is 5.58. The van der Waals surface area contributed by atoms with E-state index in [0.717, 1.165) is 0 Å². The first-order chi connectivity index (χ1) is 8.59. The van der Waals surface area contributed by atoms with Crippen molar-refractivity contribution in [1.82, 2.24) is 14.8 Å². The predicted molar refractivity (Wildman–Crippen MR) is 67.6 cm³/mol. The van der Waals surface area contributed by atoms with E-state index in [0.29, 0.717) is 11.6 Å². The van der Waals surface area contributed by atoms with Gasteiger partial charge in [0.2, 0.25) is 0 Å². The second-order valence-electron chi connectivity index (χ2n) is 3.57. The topological polar surface area (TPSA) is 66.0 Å². The molecule has 0 fully saturated rings. The van der Waals surface area contributed by atoms with Crippen LogP contribution >= 0.6 is 12.2 Å². The van der Waals surface area contributed by atoms with Crippen molar-refractivity contribution in [3.8, 4) is 5.75 Å². The van der Waals surface area contributed by atoms with Crippen LogP contribution in [0.2, 0.25) is 0 Å². The van der Waals surface area contributed by atoms with Crippen LogP contribution in [-0.4, -0.2) is 19.8 Å². The summed E-state index contributed by atoms with van der Waals surface area (Å²) in [5.74, 6) is 0.414. The van der Waals surface area contributed by atoms with Crippen molar-refractivity contribution in [2.45, 2.75) is 6.61 Å². The largest absolute Gasteiger partial charge is 0.485 e. The fourth-order valence-corrected chi connectivity index (χ4v) is 1.65. The van der Waals surface area contributed by atoms with Crippen LogP contribution in [0.1, 0.15) is 11.4 Å². The monoisotopic (exact) mass is 266 g/mol. The van der Waals surface area contributed by atoms with Crippen molar-refractivity contribution in [3.63, 3.8) is 0 Å². The molecule has 0 radical (unpaired) electrons. The molecule has 0 bridgehead atoms. The second-order valence-corrected chi connectivity index (χ2v) is 4.01. The van der Waals surface area contributed by atoms with Gasteiger partial charge in [-0.1, -0.05) is 18.3 Å². The highest BCUT2D eigenvalue weighted by atomic mass is 32.1. The van der Waals surface area contributed by atoms with Crippen LogP contribution in [0.3, 0.4) is 0 Å². The molecule has 0 atom stereocenters. The van der Waals surface area contributed by atoms with E-state index in [9.17, 15) is 4.39 Å². The number of nitrogens with two attached hydrogens (primary N) is 1. The van der Waals surface area contributed by atoms with Crippen molar-refractivity contribution in [2.75, 3.05) is 0 Å². The molecule has 18 heavy (non-hydrogen) atoms. The number of aryl methyl sites for hydroxylation is 1. The molecule has 0 spiro atoms. The van der Waals surface area contributed by atoms with E-state index >= 15 is 0 Å². The third-order valence-electron chi connectivity index (χ3n) is 2.38. The summed E-state index contributed by atoms with van der Waals surface area (Å²) in [6.07, 6.45) is 1.42. The van der Waals surface area contributed by atoms with Gasteiger partial charge in [0.1, 0.15) is 29.5 Å². The fraction of sp³-hybridized carbons (Fsp3) is 0.182. The molecule has 5 nitrogen and oxygen atoms in total. The predicted octanol–water partition coefficient (Wildman–Crippen LogP) is 1.17. The SMILES string of the molecule is Cn1ncnc1COc1cccc(F)c1C(N)=S. The molecule has 0 unspecified atom stereocenters. The maximum Gasteiger partial charge on any atom is 0.164 e. The van der Waals surface area contributed by atoms with Gasteiger partial charge >= 0.3 is 0 Å². The molecule has 1 heterocycles. The molecule has 0 saturated carbocycles. The lowest BCUT2D eigenvalue weighted by atomic mass is 10.2. The first-order valence-corrected chi connectivity index (χ1v) is 5.54. The molecule has 0 aliphatic heterocycles. The lowest BCUT2D eigenvalue weighted by Gasteiger charge is -2.10. The van der Waals surface area contributed by atoms with E-state index in [1.54, 1.807) is 17.8 Å². The fourth-order valence-electron chi connectivity index (χ4n) is 1.46. The van der Waals surface area contributed by atoms with Crippen LogP contribution in [0, 0.1) is 5.82 Å². The van der Waals surface area contributed by atoms with E-state index in [1.165, 1.54) is 18.5 Å². The molecule has 0 amide bonds. The van der Waals surface area contributed by atoms with Crippen LogP contribution in [0.25, 0.3) is 0 Å². The number of hydrogen-bond donors (Lipinski definition) is 1. The van der Waals surface area contributed by atoms with E-state index in [2.05, 4.69) is 10.1 Å². The number of halogens is 1. The number of benzene rings is 1. The summed E-state index contributed by atoms with van der Waals surface area (Å²) >= 11 is 4.80. The molecule has 1 aromatic carbocycles. The Bertz CT molecular complexity index is 584. The molecule has 2 N–H and O–H groups in total. The first-order valence-electron chi connectivity index (χ1n) is 5.13. The minimum Gasteiger partial charge on any atom is -0.485 e. The Labute approximate surface area is 108 Å². The minimum absolute atomic E-state index is 0.0407. The summed E-state index contributed by atoms with van der Waals surface area (Å²) < 4.78 is 20.6. The van der Waals surface area contributed by atoms with E-state index < -0.39 is 5.82 Å². The van der Waals surface area contributed by atoms with E-state index in [1.807, 2.05) is 0 Å². The van der Waals surface area contributed by atoms with Gasteiger partial charge in [0.25, 0.3) is 0 Å². The molecule has 1 aromatic heterocycles. The zero-order valence-corrected chi connectivity index (χ0v) is 10.4. The van der Waals surface area contributed by atoms with Crippen molar-refractivity contribution >= 4 is 17.2 Å². The number of aromatic nitrogens is 3. The Morgan fingerprint density at radius 2 is 2.33 bits per heavy atom. The maximum atomic E-state index is 13.6. The van der Waals surface area contributed by atoms with Crippen molar-refractivity contribution in [2.24, 2.45) is 12.8 Å². The number of ether oxygens (including phenoxy) is 1. The summed E-state index contributed by atoms with van der Waals surface area (Å²) in [6, 6.07) is 4.42. The van der Waals surface area contributed by atoms with Gasteiger partial charge in [0, 0.05) is 7.05 Å². The molecule has 0 saturated heterocycles. The lowest BCUT2D eigenvalue weighted by molar-refractivity contribution is 0.288. The van der Waals surface area contributed by atoms with Crippen LogP contribution in [0.15, 0.2) is 24.5 Å². The molecule has 7 heteroatoms. The van der Waals surface area contributed by atoms with Gasteiger partial charge in [-0.05, 0) is 12.1 Å². The van der Waals surface area contributed by atoms with Crippen LogP contribution in [-0.2, 0) is 13.7 Å². The zero-order chi connectivity index (χ0) is 13.1. The lowest BCUT2D eigenvalue weighted by Crippen LogP contribution is -2.14.